The molecule has 3 aromatic carbocycles. The van der Waals surface area contributed by atoms with Crippen molar-refractivity contribution >= 4 is 27.7 Å². The van der Waals surface area contributed by atoms with E-state index in [1.54, 1.807) is 12.0 Å². The molecule has 0 bridgehead atoms. The molecular formula is C30H35BrN2O4. The summed E-state index contributed by atoms with van der Waals surface area (Å²) in [6.45, 7) is 4.59. The van der Waals surface area contributed by atoms with Crippen LogP contribution in [-0.4, -0.2) is 42.5 Å². The third-order valence-electron chi connectivity index (χ3n) is 5.83. The molecule has 0 heterocycles. The van der Waals surface area contributed by atoms with Gasteiger partial charge in [0, 0.05) is 29.9 Å². The van der Waals surface area contributed by atoms with Gasteiger partial charge >= 0.3 is 0 Å². The van der Waals surface area contributed by atoms with E-state index < -0.39 is 6.04 Å². The van der Waals surface area contributed by atoms with Gasteiger partial charge in [-0.2, -0.15) is 0 Å². The van der Waals surface area contributed by atoms with Gasteiger partial charge in [-0.3, -0.25) is 9.59 Å². The first kappa shape index (κ1) is 28.3. The van der Waals surface area contributed by atoms with Crippen LogP contribution in [0.5, 0.6) is 11.5 Å². The van der Waals surface area contributed by atoms with Gasteiger partial charge in [0.2, 0.25) is 11.8 Å². The minimum atomic E-state index is -0.636. The van der Waals surface area contributed by atoms with Crippen molar-refractivity contribution in [1.82, 2.24) is 10.2 Å². The molecule has 1 N–H and O–H groups in total. The quantitative estimate of drug-likeness (QED) is 0.266. The number of nitrogens with zero attached hydrogens (tertiary/aromatic N) is 1. The molecule has 0 saturated heterocycles. The molecule has 0 aromatic heterocycles. The summed E-state index contributed by atoms with van der Waals surface area (Å²) in [6, 6.07) is 24.3. The van der Waals surface area contributed by atoms with Crippen LogP contribution in [0.25, 0.3) is 0 Å². The van der Waals surface area contributed by atoms with Gasteiger partial charge < -0.3 is 19.7 Å². The highest BCUT2D eigenvalue weighted by Crippen LogP contribution is 2.20. The summed E-state index contributed by atoms with van der Waals surface area (Å²) < 4.78 is 11.9. The van der Waals surface area contributed by atoms with E-state index in [1.165, 1.54) is 0 Å². The Bertz CT molecular complexity index is 1120. The summed E-state index contributed by atoms with van der Waals surface area (Å²) in [5.74, 6) is 1.24. The van der Waals surface area contributed by atoms with E-state index in [1.807, 2.05) is 92.7 Å². The Morgan fingerprint density at radius 2 is 1.54 bits per heavy atom. The van der Waals surface area contributed by atoms with Crippen LogP contribution in [0, 0.1) is 0 Å². The maximum atomic E-state index is 13.6. The summed E-state index contributed by atoms with van der Waals surface area (Å²) >= 11 is 3.47. The van der Waals surface area contributed by atoms with Crippen LogP contribution in [0.15, 0.2) is 83.3 Å². The van der Waals surface area contributed by atoms with Crippen LogP contribution in [0.4, 0.5) is 0 Å². The SMILES string of the molecule is COc1ccc(OCCCC(=O)N(Cc2ccc(Br)cc2)[C@H](Cc2ccccc2)C(=O)NC(C)C)cc1. The van der Waals surface area contributed by atoms with Crippen molar-refractivity contribution in [3.63, 3.8) is 0 Å². The average molecular weight is 568 g/mol. The van der Waals surface area contributed by atoms with Crippen molar-refractivity contribution in [2.24, 2.45) is 0 Å². The number of hydrogen-bond donors (Lipinski definition) is 1. The van der Waals surface area contributed by atoms with E-state index in [0.29, 0.717) is 26.0 Å². The van der Waals surface area contributed by atoms with E-state index in [9.17, 15) is 9.59 Å². The fraction of sp³-hybridized carbons (Fsp3) is 0.333. The predicted octanol–water partition coefficient (Wildman–Crippen LogP) is 5.78. The van der Waals surface area contributed by atoms with Gasteiger partial charge in [0.1, 0.15) is 17.5 Å². The number of hydrogen-bond acceptors (Lipinski definition) is 4. The molecule has 0 aliphatic carbocycles. The van der Waals surface area contributed by atoms with Crippen LogP contribution >= 0.6 is 15.9 Å². The third kappa shape index (κ3) is 9.25. The van der Waals surface area contributed by atoms with E-state index >= 15 is 0 Å². The van der Waals surface area contributed by atoms with Gasteiger partial charge in [-0.25, -0.2) is 0 Å². The van der Waals surface area contributed by atoms with E-state index in [-0.39, 0.29) is 24.3 Å². The van der Waals surface area contributed by atoms with Crippen molar-refractivity contribution in [1.29, 1.82) is 0 Å². The highest BCUT2D eigenvalue weighted by molar-refractivity contribution is 9.10. The molecular weight excluding hydrogens is 532 g/mol. The normalized spacial score (nSPS) is 11.6. The Labute approximate surface area is 228 Å². The summed E-state index contributed by atoms with van der Waals surface area (Å²) in [6.07, 6.45) is 1.24. The number of benzene rings is 3. The Balaban J connectivity index is 1.75. The molecule has 2 amide bonds. The first-order valence-electron chi connectivity index (χ1n) is 12.5. The molecule has 3 aromatic rings. The number of amides is 2. The standard InChI is InChI=1S/C30H35BrN2O4/c1-22(2)32-30(35)28(20-23-8-5-4-6-9-23)33(21-24-11-13-25(31)14-12-24)29(34)10-7-19-37-27-17-15-26(36-3)16-18-27/h4-6,8-9,11-18,22,28H,7,10,19-21H2,1-3H3,(H,32,35)/t28-/m1/s1. The number of methoxy groups -OCH3 is 1. The second-order valence-corrected chi connectivity index (χ2v) is 10.1. The molecule has 6 nitrogen and oxygen atoms in total. The topological polar surface area (TPSA) is 67.9 Å². The average Bonchev–Trinajstić information content (AvgIpc) is 2.90. The lowest BCUT2D eigenvalue weighted by Crippen LogP contribution is -2.51. The zero-order valence-electron chi connectivity index (χ0n) is 21.7. The first-order chi connectivity index (χ1) is 17.9. The Morgan fingerprint density at radius 1 is 0.892 bits per heavy atom. The van der Waals surface area contributed by atoms with Crippen LogP contribution in [0.2, 0.25) is 0 Å². The lowest BCUT2D eigenvalue weighted by Gasteiger charge is -2.32. The van der Waals surface area contributed by atoms with Crippen LogP contribution in [0.1, 0.15) is 37.8 Å². The molecule has 0 aliphatic heterocycles. The second kappa shape index (κ2) is 14.4. The molecule has 0 spiro atoms. The Kier molecular flexibility index (Phi) is 11.0. The number of nitrogens with one attached hydrogen (secondary N) is 1. The van der Waals surface area contributed by atoms with Crippen LogP contribution in [0.3, 0.4) is 0 Å². The zero-order chi connectivity index (χ0) is 26.6. The molecule has 37 heavy (non-hydrogen) atoms. The second-order valence-electron chi connectivity index (χ2n) is 9.14. The maximum Gasteiger partial charge on any atom is 0.243 e. The Morgan fingerprint density at radius 3 is 2.16 bits per heavy atom. The third-order valence-corrected chi connectivity index (χ3v) is 6.36. The summed E-state index contributed by atoms with van der Waals surface area (Å²) in [5, 5.41) is 3.02. The zero-order valence-corrected chi connectivity index (χ0v) is 23.2. The van der Waals surface area contributed by atoms with Crippen molar-refractivity contribution in [2.75, 3.05) is 13.7 Å². The van der Waals surface area contributed by atoms with E-state index in [0.717, 1.165) is 27.1 Å². The number of halogens is 1. The highest BCUT2D eigenvalue weighted by atomic mass is 79.9. The molecule has 7 heteroatoms. The molecule has 0 radical (unpaired) electrons. The maximum absolute atomic E-state index is 13.6. The highest BCUT2D eigenvalue weighted by Gasteiger charge is 2.30. The summed E-state index contributed by atoms with van der Waals surface area (Å²) in [5.41, 5.74) is 1.96. The largest absolute Gasteiger partial charge is 0.497 e. The van der Waals surface area contributed by atoms with Crippen molar-refractivity contribution in [2.45, 2.75) is 51.7 Å². The van der Waals surface area contributed by atoms with E-state index in [4.69, 9.17) is 9.47 Å². The monoisotopic (exact) mass is 566 g/mol. The number of ether oxygens (including phenoxy) is 2. The minimum Gasteiger partial charge on any atom is -0.497 e. The van der Waals surface area contributed by atoms with Crippen LogP contribution < -0.4 is 14.8 Å². The van der Waals surface area contributed by atoms with Gasteiger partial charge in [-0.1, -0.05) is 58.4 Å². The van der Waals surface area contributed by atoms with Gasteiger partial charge in [0.05, 0.1) is 13.7 Å². The Hall–Kier alpha value is -3.32. The number of carbonyl (C=O) groups excluding carboxylic acids is 2. The van der Waals surface area contributed by atoms with Gasteiger partial charge in [0.15, 0.2) is 0 Å². The lowest BCUT2D eigenvalue weighted by atomic mass is 10.0. The lowest BCUT2D eigenvalue weighted by molar-refractivity contribution is -0.141. The fourth-order valence-electron chi connectivity index (χ4n) is 3.95. The van der Waals surface area contributed by atoms with Gasteiger partial charge in [-0.15, -0.1) is 0 Å². The summed E-state index contributed by atoms with van der Waals surface area (Å²) in [4.78, 5) is 28.7. The molecule has 0 aliphatic rings. The van der Waals surface area contributed by atoms with Crippen LogP contribution in [-0.2, 0) is 22.6 Å². The van der Waals surface area contributed by atoms with Crippen molar-refractivity contribution in [3.8, 4) is 11.5 Å². The molecule has 1 atom stereocenters. The van der Waals surface area contributed by atoms with E-state index in [2.05, 4.69) is 21.2 Å². The smallest absolute Gasteiger partial charge is 0.243 e. The van der Waals surface area contributed by atoms with Crippen molar-refractivity contribution in [3.05, 3.63) is 94.5 Å². The number of carbonyl (C=O) groups is 2. The molecule has 0 fully saturated rings. The molecule has 0 unspecified atom stereocenters. The minimum absolute atomic E-state index is 0.0340. The summed E-state index contributed by atoms with van der Waals surface area (Å²) in [7, 11) is 1.62. The van der Waals surface area contributed by atoms with Gasteiger partial charge in [0.25, 0.3) is 0 Å². The number of rotatable bonds is 13. The molecule has 196 valence electrons. The molecule has 0 saturated carbocycles. The predicted molar refractivity (Wildman–Crippen MR) is 150 cm³/mol. The fourth-order valence-corrected chi connectivity index (χ4v) is 4.21. The first-order valence-corrected chi connectivity index (χ1v) is 13.3. The van der Waals surface area contributed by atoms with Gasteiger partial charge in [-0.05, 0) is 67.8 Å². The molecule has 3 rings (SSSR count). The van der Waals surface area contributed by atoms with Crippen molar-refractivity contribution < 1.29 is 19.1 Å².